The van der Waals surface area contributed by atoms with Gasteiger partial charge in [-0.05, 0) is 198 Å². The molecule has 150 heavy (non-hydrogen) atoms. The van der Waals surface area contributed by atoms with Gasteiger partial charge >= 0.3 is 5.97 Å². The average Bonchev–Trinajstić information content (AvgIpc) is 1.68. The zero-order chi connectivity index (χ0) is 112. The number of aromatic hydroxyl groups is 1. The van der Waals surface area contributed by atoms with Crippen LogP contribution in [0.2, 0.25) is 0 Å². The topological polar surface area (TPSA) is 648 Å². The van der Waals surface area contributed by atoms with Crippen molar-refractivity contribution in [2.24, 2.45) is 17.6 Å². The van der Waals surface area contributed by atoms with E-state index in [1.807, 2.05) is 13.8 Å². The molecule has 2 heterocycles. The summed E-state index contributed by atoms with van der Waals surface area (Å²) in [7, 11) is 0. The number of halogens is 1. The van der Waals surface area contributed by atoms with Crippen LogP contribution in [-0.4, -0.2) is 282 Å². The SMILES string of the molecule is CC(=O)N[C@@H](CC(C)C)C(=O)N[C@H](C(=O)C(=O)[C@H](Cc1ccccc1)NN[C@]1(C)CCCCC#CC#CCCC[C@@](C)(C(=O)CN[C@@H](C)C(=O)CCN[C@@H](C)C(=O)CCN[C@@H](C)C(=O)CCN[C@@H](C)C(=O)CCC(=O)[C@H](C)NCN[C@H](C)C(=O)I)NC(=O)[C@H](CC(C)C)NN[C@@H](CCC(N)=O)C(=O)CN[C@@H](C)C(=O)CC(=O)[C@H](Cc2c[nH]c3ccccc23)NN[C@@H](Cc2ccc(O)cc2)C(=O)N[C@@H](CCC(=O)O)C(=O)C1=O)[C@@H](C)O. The molecule has 18 atom stereocenters. The third kappa shape index (κ3) is 46.4. The van der Waals surface area contributed by atoms with Gasteiger partial charge in [-0.3, -0.25) is 107 Å². The van der Waals surface area contributed by atoms with Crippen LogP contribution in [0.3, 0.4) is 0 Å². The number of H-pyrrole nitrogens is 1. The van der Waals surface area contributed by atoms with Crippen LogP contribution in [0.4, 0.5) is 0 Å². The third-order valence-electron chi connectivity index (χ3n) is 26.1. The van der Waals surface area contributed by atoms with Gasteiger partial charge in [0.05, 0.1) is 103 Å². The van der Waals surface area contributed by atoms with E-state index in [1.165, 1.54) is 52.0 Å². The summed E-state index contributed by atoms with van der Waals surface area (Å²) >= 11 is 1.69. The second-order valence-corrected chi connectivity index (χ2v) is 40.9. The number of hydrogen-bond acceptors (Lipinski definition) is 35. The lowest BCUT2D eigenvalue weighted by molar-refractivity contribution is -0.144. The molecule has 0 saturated carbocycles. The van der Waals surface area contributed by atoms with Crippen molar-refractivity contribution >= 4 is 148 Å². The van der Waals surface area contributed by atoms with Gasteiger partial charge < -0.3 is 73.9 Å². The molecule has 3 aromatic carbocycles. The minimum Gasteiger partial charge on any atom is -0.508 e. The van der Waals surface area contributed by atoms with Crippen LogP contribution in [0.1, 0.15) is 243 Å². The Labute approximate surface area is 891 Å². The van der Waals surface area contributed by atoms with Crippen molar-refractivity contribution in [3.63, 3.8) is 0 Å². The zero-order valence-electron chi connectivity index (χ0n) is 88.7. The Balaban J connectivity index is 1.47. The molecule has 0 fully saturated rings. The van der Waals surface area contributed by atoms with Gasteiger partial charge in [0.25, 0.3) is 0 Å². The number of phenols is 1. The lowest BCUT2D eigenvalue weighted by Crippen LogP contribution is -2.65. The molecular formula is C107H156IN19O23. The number of hydrazine groups is 3. The Bertz CT molecular complexity index is 5400. The highest BCUT2D eigenvalue weighted by molar-refractivity contribution is 14.1. The van der Waals surface area contributed by atoms with E-state index in [9.17, 15) is 92.0 Å². The van der Waals surface area contributed by atoms with Gasteiger partial charge in [-0.2, -0.15) is 0 Å². The maximum atomic E-state index is 15.6. The third-order valence-corrected chi connectivity index (χ3v) is 27.0. The van der Waals surface area contributed by atoms with Crippen LogP contribution >= 0.6 is 22.6 Å². The number of aromatic nitrogens is 1. The molecule has 0 aliphatic carbocycles. The number of aliphatic hydroxyl groups is 1. The molecule has 0 saturated heterocycles. The number of rotatable bonds is 55. The molecule has 0 unspecified atom stereocenters. The lowest BCUT2D eigenvalue weighted by Gasteiger charge is -2.33. The van der Waals surface area contributed by atoms with Crippen molar-refractivity contribution in [2.75, 3.05) is 39.4 Å². The predicted octanol–water partition coefficient (Wildman–Crippen LogP) is 1.99. The summed E-state index contributed by atoms with van der Waals surface area (Å²) in [6, 6.07) is 3.82. The average molecular weight is 2200 g/mol. The van der Waals surface area contributed by atoms with Crippen molar-refractivity contribution < 1.29 is 111 Å². The summed E-state index contributed by atoms with van der Waals surface area (Å²) < 4.78 is -0.0736. The fraction of sp³-hybridized carbons (Fsp3) is 0.589. The summed E-state index contributed by atoms with van der Waals surface area (Å²) in [4.78, 5) is 281. The quantitative estimate of drug-likeness (QED) is 0.00571. The van der Waals surface area contributed by atoms with E-state index in [0.717, 1.165) is 6.92 Å². The van der Waals surface area contributed by atoms with Crippen LogP contribution in [0.5, 0.6) is 5.75 Å². The molecule has 1 aromatic heterocycles. The maximum absolute atomic E-state index is 15.6. The monoisotopic (exact) mass is 2200 g/mol. The van der Waals surface area contributed by atoms with Crippen molar-refractivity contribution in [1.29, 1.82) is 0 Å². The highest BCUT2D eigenvalue weighted by Gasteiger charge is 2.45. The highest BCUT2D eigenvalue weighted by Crippen LogP contribution is 2.25. The lowest BCUT2D eigenvalue weighted by atomic mass is 9.85. The van der Waals surface area contributed by atoms with Crippen molar-refractivity contribution in [3.05, 3.63) is 102 Å². The van der Waals surface area contributed by atoms with E-state index in [1.54, 1.807) is 139 Å². The molecular weight excluding hydrogens is 2050 g/mol. The maximum Gasteiger partial charge on any atom is 0.303 e. The molecule has 0 spiro atoms. The van der Waals surface area contributed by atoms with E-state index in [4.69, 9.17) is 5.73 Å². The standard InChI is InChI=1S/C107H156IN19O23/c1-62(2)52-83(118-72(13)129)103(148)120-97(71(12)128)100(145)98(143)82(54-73-30-24-23-25-31-73)126-127-107(15)48-29-22-20-18-16-17-19-21-28-47-106(14,94(139)60-114-67(8)90(135)46-51-112-66(7)89(134)45-50-111-65(6)88(133)44-49-110-64(5)86(131)40-41-87(132)68(9)116-61-117-70(11)102(108)147)121-105(150)84(53-63(3)4)124-122-79(38-42-95(109)140)93(138)59-113-69(10)91(136)57-92(137)81(56-75-58-115-78-33-27-26-32-77(75)78)123-125-85(55-74-34-36-76(130)37-35-74)104(149)119-80(39-43-96(141)142)99(144)101(107)146/h23-27,30-37,58,62-71,79-85,97,110-117,122-128,130H,20-22,28-29,38-57,59-61H2,1-15H3,(H2,109,140)(H,118,129)(H,119,149)(H,120,148)(H,121,150)(H,141,142)/t64-,65-,66-,67-,68-,69-,70+,71+,79-,80-,81-,82-,83-,84-,85-,97-,106-,107+/m0/s1. The number of para-hydroxylation sites is 1. The van der Waals surface area contributed by atoms with Crippen molar-refractivity contribution in [3.8, 4) is 29.4 Å². The molecule has 42 nitrogen and oxygen atoms in total. The van der Waals surface area contributed by atoms with Crippen LogP contribution in [0.15, 0.2) is 85.1 Å². The minimum absolute atomic E-state index is 0.00283. The summed E-state index contributed by atoms with van der Waals surface area (Å²) in [5.41, 5.74) is 21.3. The normalized spacial score (nSPS) is 21.2. The number of nitrogens with one attached hydrogen (secondary N) is 18. The summed E-state index contributed by atoms with van der Waals surface area (Å²) in [6.45, 7) is 23.3. The number of carbonyl (C=O) groups excluding carboxylic acids is 19. The van der Waals surface area contributed by atoms with E-state index in [0.29, 0.717) is 27.6 Å². The van der Waals surface area contributed by atoms with Gasteiger partial charge in [0.2, 0.25) is 56.5 Å². The molecule has 4 aromatic rings. The number of hydrogen-bond donors (Lipinski definition) is 22. The van der Waals surface area contributed by atoms with Crippen molar-refractivity contribution in [1.82, 2.24) is 96.0 Å². The number of phenolic OH excluding ortho intramolecular Hbond substituents is 1. The number of benzene rings is 3. The Morgan fingerprint density at radius 3 is 1.65 bits per heavy atom. The molecule has 5 rings (SSSR count). The molecule has 43 heteroatoms. The van der Waals surface area contributed by atoms with Gasteiger partial charge in [0.1, 0.15) is 41.5 Å². The Morgan fingerprint density at radius 2 is 1.08 bits per heavy atom. The van der Waals surface area contributed by atoms with Crippen LogP contribution in [-0.2, 0) is 115 Å². The first kappa shape index (κ1) is 129. The minimum atomic E-state index is -2.16. The van der Waals surface area contributed by atoms with Gasteiger partial charge in [0, 0.05) is 131 Å². The number of carboxylic acid groups (broad SMARTS) is 1. The fourth-order valence-corrected chi connectivity index (χ4v) is 16.5. The highest BCUT2D eigenvalue weighted by atomic mass is 127. The number of amides is 5. The number of aliphatic hydroxyl groups excluding tert-OH is 1. The summed E-state index contributed by atoms with van der Waals surface area (Å²) in [5, 5.41) is 63.9. The van der Waals surface area contributed by atoms with E-state index in [-0.39, 0.29) is 199 Å². The number of aromatic amines is 1. The fourth-order valence-electron chi connectivity index (χ4n) is 16.3. The molecule has 23 N–H and O–H groups in total. The second-order valence-electron chi connectivity index (χ2n) is 39.9. The number of aliphatic carboxylic acids is 1. The molecule has 0 radical (unpaired) electrons. The number of carbonyl (C=O) groups is 20. The molecule has 0 bridgehead atoms. The Hall–Kier alpha value is -11.5. The van der Waals surface area contributed by atoms with E-state index >= 15 is 19.2 Å². The summed E-state index contributed by atoms with van der Waals surface area (Å²) in [6.07, 6.45) is -3.10. The first-order chi connectivity index (χ1) is 70.8. The first-order valence-corrected chi connectivity index (χ1v) is 52.4. The number of Topliss-reactive ketones (excluding diaryl/α,β-unsaturated/α-hetero) is 13. The Kier molecular flexibility index (Phi) is 57.0. The Morgan fingerprint density at radius 1 is 0.540 bits per heavy atom. The molecule has 1 aliphatic heterocycles. The summed E-state index contributed by atoms with van der Waals surface area (Å²) in [5.74, 6) is -3.27. The van der Waals surface area contributed by atoms with Crippen LogP contribution < -0.4 is 96.8 Å². The van der Waals surface area contributed by atoms with Gasteiger partial charge in [-0.25, -0.2) is 32.6 Å². The first-order valence-electron chi connectivity index (χ1n) is 51.3. The number of nitrogens with two attached hydrogens (primary N) is 1. The van der Waals surface area contributed by atoms with Gasteiger partial charge in [-0.1, -0.05) is 107 Å². The number of carboxylic acids is 1. The number of ketones is 13. The smallest absolute Gasteiger partial charge is 0.303 e. The number of primary amides is 1. The molecule has 1 aliphatic rings. The van der Waals surface area contributed by atoms with E-state index in [2.05, 4.69) is 120 Å². The molecule has 5 amide bonds. The molecule has 824 valence electrons. The second kappa shape index (κ2) is 66.3. The van der Waals surface area contributed by atoms with Gasteiger partial charge in [-0.15, -0.1) is 0 Å². The number of fused-ring (bicyclic) bond motifs is 1. The largest absolute Gasteiger partial charge is 0.508 e. The van der Waals surface area contributed by atoms with E-state index < -0.39 is 222 Å². The van der Waals surface area contributed by atoms with Gasteiger partial charge in [0.15, 0.2) is 40.5 Å². The van der Waals surface area contributed by atoms with Crippen molar-refractivity contribution in [2.45, 2.75) is 353 Å². The van der Waals surface area contributed by atoms with Crippen LogP contribution in [0.25, 0.3) is 10.9 Å². The van der Waals surface area contributed by atoms with Crippen LogP contribution in [0, 0.1) is 35.5 Å². The predicted molar refractivity (Wildman–Crippen MR) is 571 cm³/mol. The zero-order valence-corrected chi connectivity index (χ0v) is 90.9.